The minimum atomic E-state index is 0.490. The summed E-state index contributed by atoms with van der Waals surface area (Å²) < 4.78 is 5.56. The summed E-state index contributed by atoms with van der Waals surface area (Å²) in [5, 5.41) is 3.14. The number of anilines is 2. The summed E-state index contributed by atoms with van der Waals surface area (Å²) in [4.78, 5) is 8.58. The fourth-order valence-electron chi connectivity index (χ4n) is 1.89. The maximum absolute atomic E-state index is 5.83. The number of nitrogens with one attached hydrogen (secondary N) is 1. The van der Waals surface area contributed by atoms with Gasteiger partial charge in [0, 0.05) is 24.9 Å². The Kier molecular flexibility index (Phi) is 3.02. The first-order valence-corrected chi connectivity index (χ1v) is 6.12. The summed E-state index contributed by atoms with van der Waals surface area (Å²) in [6.45, 7) is 0.712. The number of pyridine rings is 1. The van der Waals surface area contributed by atoms with Crippen LogP contribution < -0.4 is 11.1 Å². The van der Waals surface area contributed by atoms with Crippen LogP contribution in [0.25, 0.3) is 11.1 Å². The normalized spacial score (nSPS) is 10.7. The summed E-state index contributed by atoms with van der Waals surface area (Å²) in [5.41, 5.74) is 8.88. The Morgan fingerprint density at radius 3 is 2.89 bits per heavy atom. The van der Waals surface area contributed by atoms with Crippen LogP contribution in [-0.2, 0) is 6.42 Å². The first kappa shape index (κ1) is 11.5. The summed E-state index contributed by atoms with van der Waals surface area (Å²) >= 11 is 0. The van der Waals surface area contributed by atoms with E-state index < -0.39 is 0 Å². The molecule has 96 valence electrons. The lowest BCUT2D eigenvalue weighted by Crippen LogP contribution is -2.05. The van der Waals surface area contributed by atoms with Gasteiger partial charge in [0.1, 0.15) is 5.52 Å². The van der Waals surface area contributed by atoms with Crippen LogP contribution in [0.1, 0.15) is 5.69 Å². The van der Waals surface area contributed by atoms with Crippen molar-refractivity contribution in [1.29, 1.82) is 0 Å². The fraction of sp³-hybridized carbons (Fsp3) is 0.143. The van der Waals surface area contributed by atoms with E-state index in [0.717, 1.165) is 12.1 Å². The van der Waals surface area contributed by atoms with E-state index in [0.29, 0.717) is 29.3 Å². The number of hydrogen-bond acceptors (Lipinski definition) is 5. The molecule has 0 spiro atoms. The molecule has 1 aromatic carbocycles. The van der Waals surface area contributed by atoms with E-state index in [4.69, 9.17) is 10.2 Å². The van der Waals surface area contributed by atoms with Gasteiger partial charge in [0.05, 0.1) is 5.69 Å². The second kappa shape index (κ2) is 4.97. The average Bonchev–Trinajstić information content (AvgIpc) is 2.84. The number of fused-ring (bicyclic) bond motifs is 1. The average molecular weight is 254 g/mol. The quantitative estimate of drug-likeness (QED) is 0.699. The van der Waals surface area contributed by atoms with Gasteiger partial charge in [0.25, 0.3) is 6.01 Å². The Balaban J connectivity index is 1.67. The van der Waals surface area contributed by atoms with Crippen LogP contribution in [0.4, 0.5) is 11.7 Å². The van der Waals surface area contributed by atoms with Crippen LogP contribution in [-0.4, -0.2) is 16.5 Å². The molecule has 3 aromatic rings. The van der Waals surface area contributed by atoms with Gasteiger partial charge in [-0.3, -0.25) is 4.98 Å². The molecule has 0 aliphatic carbocycles. The minimum Gasteiger partial charge on any atom is -0.423 e. The van der Waals surface area contributed by atoms with Crippen molar-refractivity contribution in [2.24, 2.45) is 0 Å². The lowest BCUT2D eigenvalue weighted by molar-refractivity contribution is 0.614. The molecule has 0 saturated heterocycles. The molecule has 3 N–H and O–H groups in total. The van der Waals surface area contributed by atoms with Crippen molar-refractivity contribution in [3.8, 4) is 0 Å². The van der Waals surface area contributed by atoms with Crippen LogP contribution in [0.2, 0.25) is 0 Å². The van der Waals surface area contributed by atoms with E-state index in [1.807, 2.05) is 36.4 Å². The molecule has 5 heteroatoms. The highest BCUT2D eigenvalue weighted by Gasteiger charge is 2.07. The third-order valence-electron chi connectivity index (χ3n) is 2.83. The van der Waals surface area contributed by atoms with Gasteiger partial charge < -0.3 is 15.5 Å². The maximum Gasteiger partial charge on any atom is 0.295 e. The first-order chi connectivity index (χ1) is 9.33. The molecule has 3 rings (SSSR count). The molecule has 5 nitrogen and oxygen atoms in total. The number of nitrogens with zero attached hydrogens (tertiary/aromatic N) is 2. The van der Waals surface area contributed by atoms with Gasteiger partial charge in [-0.05, 0) is 24.3 Å². The van der Waals surface area contributed by atoms with Gasteiger partial charge >= 0.3 is 0 Å². The van der Waals surface area contributed by atoms with E-state index >= 15 is 0 Å². The largest absolute Gasteiger partial charge is 0.423 e. The first-order valence-electron chi connectivity index (χ1n) is 6.12. The molecule has 0 saturated carbocycles. The zero-order valence-corrected chi connectivity index (χ0v) is 10.3. The summed E-state index contributed by atoms with van der Waals surface area (Å²) in [5.74, 6) is 0. The molecule has 0 bridgehead atoms. The number of benzene rings is 1. The van der Waals surface area contributed by atoms with E-state index in [2.05, 4.69) is 15.3 Å². The van der Waals surface area contributed by atoms with Crippen molar-refractivity contribution in [3.63, 3.8) is 0 Å². The molecule has 0 amide bonds. The van der Waals surface area contributed by atoms with Gasteiger partial charge in [-0.2, -0.15) is 4.98 Å². The van der Waals surface area contributed by atoms with Gasteiger partial charge in [0.2, 0.25) is 0 Å². The minimum absolute atomic E-state index is 0.490. The monoisotopic (exact) mass is 254 g/mol. The third-order valence-corrected chi connectivity index (χ3v) is 2.83. The second-order valence-electron chi connectivity index (χ2n) is 4.21. The zero-order chi connectivity index (χ0) is 13.1. The fourth-order valence-corrected chi connectivity index (χ4v) is 1.89. The van der Waals surface area contributed by atoms with Crippen molar-refractivity contribution in [1.82, 2.24) is 9.97 Å². The molecule has 0 atom stereocenters. The number of hydrogen-bond donors (Lipinski definition) is 2. The van der Waals surface area contributed by atoms with Crippen LogP contribution in [0.5, 0.6) is 0 Å². The van der Waals surface area contributed by atoms with Gasteiger partial charge in [-0.15, -0.1) is 0 Å². The van der Waals surface area contributed by atoms with E-state index in [1.54, 1.807) is 6.20 Å². The second-order valence-corrected chi connectivity index (χ2v) is 4.21. The number of aromatic nitrogens is 2. The van der Waals surface area contributed by atoms with Crippen molar-refractivity contribution >= 4 is 22.8 Å². The van der Waals surface area contributed by atoms with E-state index in [-0.39, 0.29) is 0 Å². The lowest BCUT2D eigenvalue weighted by atomic mass is 10.3. The summed E-state index contributed by atoms with van der Waals surface area (Å²) in [6.07, 6.45) is 2.60. The van der Waals surface area contributed by atoms with Crippen LogP contribution in [0.15, 0.2) is 47.0 Å². The number of para-hydroxylation sites is 1. The molecule has 0 unspecified atom stereocenters. The Hall–Kier alpha value is -2.56. The Morgan fingerprint density at radius 1 is 1.16 bits per heavy atom. The maximum atomic E-state index is 5.83. The third kappa shape index (κ3) is 2.49. The number of nitrogens with two attached hydrogens (primary N) is 1. The molecule has 0 aliphatic heterocycles. The van der Waals surface area contributed by atoms with Gasteiger partial charge in [-0.1, -0.05) is 12.1 Å². The molecule has 2 aromatic heterocycles. The van der Waals surface area contributed by atoms with Crippen molar-refractivity contribution in [2.75, 3.05) is 17.6 Å². The summed E-state index contributed by atoms with van der Waals surface area (Å²) in [6, 6.07) is 11.9. The molecule has 0 radical (unpaired) electrons. The van der Waals surface area contributed by atoms with Crippen LogP contribution in [0, 0.1) is 0 Å². The molecular weight excluding hydrogens is 240 g/mol. The molecule has 0 aliphatic rings. The Bertz CT molecular complexity index is 678. The van der Waals surface area contributed by atoms with Crippen LogP contribution in [0.3, 0.4) is 0 Å². The smallest absolute Gasteiger partial charge is 0.295 e. The SMILES string of the molecule is Nc1cccc2oc(NCCc3ccccn3)nc12. The van der Waals surface area contributed by atoms with Gasteiger partial charge in [0.15, 0.2) is 5.58 Å². The van der Waals surface area contributed by atoms with Crippen molar-refractivity contribution in [2.45, 2.75) is 6.42 Å². The predicted molar refractivity (Wildman–Crippen MR) is 74.9 cm³/mol. The topological polar surface area (TPSA) is 77.0 Å². The Morgan fingerprint density at radius 2 is 2.11 bits per heavy atom. The Labute approximate surface area is 110 Å². The van der Waals surface area contributed by atoms with Crippen molar-refractivity contribution < 1.29 is 4.42 Å². The number of oxazole rings is 1. The summed E-state index contributed by atoms with van der Waals surface area (Å²) in [7, 11) is 0. The zero-order valence-electron chi connectivity index (χ0n) is 10.3. The highest BCUT2D eigenvalue weighted by Crippen LogP contribution is 2.23. The highest BCUT2D eigenvalue weighted by molar-refractivity contribution is 5.86. The van der Waals surface area contributed by atoms with Crippen molar-refractivity contribution in [3.05, 3.63) is 48.3 Å². The lowest BCUT2D eigenvalue weighted by Gasteiger charge is -2.00. The van der Waals surface area contributed by atoms with E-state index in [9.17, 15) is 0 Å². The highest BCUT2D eigenvalue weighted by atomic mass is 16.4. The number of nitrogen functional groups attached to an aromatic ring is 1. The molecule has 19 heavy (non-hydrogen) atoms. The predicted octanol–water partition coefficient (Wildman–Crippen LogP) is 2.46. The molecule has 0 fully saturated rings. The van der Waals surface area contributed by atoms with E-state index in [1.165, 1.54) is 0 Å². The standard InChI is InChI=1S/C14H14N4O/c15-11-5-3-6-12-13(11)18-14(19-12)17-9-7-10-4-1-2-8-16-10/h1-6,8H,7,9,15H2,(H,17,18). The molecular formula is C14H14N4O. The van der Waals surface area contributed by atoms with Crippen LogP contribution >= 0.6 is 0 Å². The van der Waals surface area contributed by atoms with Gasteiger partial charge in [-0.25, -0.2) is 0 Å². The molecule has 2 heterocycles. The number of rotatable bonds is 4.